The van der Waals surface area contributed by atoms with Gasteiger partial charge in [-0.15, -0.1) is 0 Å². The fourth-order valence-corrected chi connectivity index (χ4v) is 3.36. The lowest BCUT2D eigenvalue weighted by atomic mass is 9.85. The maximum Gasteiger partial charge on any atom is 0.321 e. The van der Waals surface area contributed by atoms with Crippen LogP contribution < -0.4 is 10.6 Å². The van der Waals surface area contributed by atoms with Crippen molar-refractivity contribution in [3.05, 3.63) is 60.2 Å². The number of piperidine rings is 1. The summed E-state index contributed by atoms with van der Waals surface area (Å²) in [6.07, 6.45) is 1.69. The second kappa shape index (κ2) is 8.22. The molecule has 3 amide bonds. The van der Waals surface area contributed by atoms with E-state index in [0.717, 1.165) is 5.56 Å². The molecule has 0 aromatic heterocycles. The Labute approximate surface area is 159 Å². The maximum absolute atomic E-state index is 12.5. The van der Waals surface area contributed by atoms with Gasteiger partial charge in [-0.2, -0.15) is 0 Å². The molecule has 1 fully saturated rings. The molecule has 0 atom stereocenters. The van der Waals surface area contributed by atoms with Gasteiger partial charge in [0.2, 0.25) is 5.91 Å². The number of anilines is 2. The van der Waals surface area contributed by atoms with Gasteiger partial charge in [-0.05, 0) is 36.6 Å². The van der Waals surface area contributed by atoms with Gasteiger partial charge < -0.3 is 20.6 Å². The summed E-state index contributed by atoms with van der Waals surface area (Å²) in [5.41, 5.74) is 1.59. The van der Waals surface area contributed by atoms with Crippen LogP contribution in [0, 0.1) is 0 Å². The van der Waals surface area contributed by atoms with Gasteiger partial charge in [-0.1, -0.05) is 36.4 Å². The summed E-state index contributed by atoms with van der Waals surface area (Å²) < 4.78 is 0. The Morgan fingerprint density at radius 3 is 2.26 bits per heavy atom. The Morgan fingerprint density at radius 1 is 1.00 bits per heavy atom. The van der Waals surface area contributed by atoms with E-state index in [1.807, 2.05) is 30.3 Å². The van der Waals surface area contributed by atoms with Gasteiger partial charge in [0.25, 0.3) is 0 Å². The van der Waals surface area contributed by atoms with Crippen LogP contribution in [0.1, 0.15) is 25.3 Å². The van der Waals surface area contributed by atoms with Crippen LogP contribution in [0.5, 0.6) is 0 Å². The Balaban J connectivity index is 1.55. The Morgan fingerprint density at radius 2 is 1.63 bits per heavy atom. The topological polar surface area (TPSA) is 81.7 Å². The number of carbonyl (C=O) groups is 2. The van der Waals surface area contributed by atoms with Crippen LogP contribution in [0.15, 0.2) is 54.6 Å². The van der Waals surface area contributed by atoms with Crippen molar-refractivity contribution in [1.29, 1.82) is 0 Å². The minimum atomic E-state index is -0.774. The summed E-state index contributed by atoms with van der Waals surface area (Å²) in [7, 11) is 0. The van der Waals surface area contributed by atoms with Crippen LogP contribution in [0.25, 0.3) is 0 Å². The SMILES string of the molecule is CC(=O)Nc1cccc(NC(=O)N2CCC(O)(Cc3ccccc3)CC2)c1. The van der Waals surface area contributed by atoms with Gasteiger partial charge in [0.1, 0.15) is 0 Å². The number of benzene rings is 2. The van der Waals surface area contributed by atoms with E-state index in [-0.39, 0.29) is 11.9 Å². The molecule has 2 aromatic rings. The van der Waals surface area contributed by atoms with E-state index >= 15 is 0 Å². The second-order valence-corrected chi connectivity index (χ2v) is 7.07. The van der Waals surface area contributed by atoms with E-state index in [1.54, 1.807) is 29.2 Å². The average molecular weight is 367 g/mol. The minimum absolute atomic E-state index is 0.160. The number of rotatable bonds is 4. The van der Waals surface area contributed by atoms with E-state index in [4.69, 9.17) is 0 Å². The van der Waals surface area contributed by atoms with Crippen LogP contribution in [0.3, 0.4) is 0 Å². The highest BCUT2D eigenvalue weighted by molar-refractivity contribution is 5.92. The normalized spacial score (nSPS) is 15.9. The third-order valence-corrected chi connectivity index (χ3v) is 4.79. The van der Waals surface area contributed by atoms with Crippen molar-refractivity contribution in [1.82, 2.24) is 4.90 Å². The van der Waals surface area contributed by atoms with E-state index in [0.29, 0.717) is 43.7 Å². The number of nitrogens with one attached hydrogen (secondary N) is 2. The van der Waals surface area contributed by atoms with Crippen molar-refractivity contribution >= 4 is 23.3 Å². The monoisotopic (exact) mass is 367 g/mol. The zero-order chi connectivity index (χ0) is 19.3. The number of aliphatic hydroxyl groups is 1. The zero-order valence-corrected chi connectivity index (χ0v) is 15.4. The first kappa shape index (κ1) is 18.9. The Bertz CT molecular complexity index is 799. The lowest BCUT2D eigenvalue weighted by molar-refractivity contribution is -0.114. The molecule has 1 aliphatic heterocycles. The molecule has 0 unspecified atom stereocenters. The van der Waals surface area contributed by atoms with E-state index < -0.39 is 5.60 Å². The van der Waals surface area contributed by atoms with E-state index in [2.05, 4.69) is 10.6 Å². The first-order valence-electron chi connectivity index (χ1n) is 9.13. The number of amides is 3. The molecule has 6 nitrogen and oxygen atoms in total. The zero-order valence-electron chi connectivity index (χ0n) is 15.4. The number of hydrogen-bond donors (Lipinski definition) is 3. The van der Waals surface area contributed by atoms with Gasteiger partial charge in [-0.25, -0.2) is 4.79 Å². The van der Waals surface area contributed by atoms with Crippen molar-refractivity contribution < 1.29 is 14.7 Å². The molecule has 3 rings (SSSR count). The molecule has 0 saturated carbocycles. The second-order valence-electron chi connectivity index (χ2n) is 7.07. The largest absolute Gasteiger partial charge is 0.389 e. The molecule has 1 heterocycles. The molecule has 3 N–H and O–H groups in total. The summed E-state index contributed by atoms with van der Waals surface area (Å²) in [4.78, 5) is 25.4. The summed E-state index contributed by atoms with van der Waals surface area (Å²) in [6.45, 7) is 2.44. The Hall–Kier alpha value is -2.86. The van der Waals surface area contributed by atoms with Crippen molar-refractivity contribution in [3.63, 3.8) is 0 Å². The third-order valence-electron chi connectivity index (χ3n) is 4.79. The lowest BCUT2D eigenvalue weighted by Crippen LogP contribution is -2.49. The summed E-state index contributed by atoms with van der Waals surface area (Å²) in [5, 5.41) is 16.4. The summed E-state index contributed by atoms with van der Waals surface area (Å²) in [6, 6.07) is 16.8. The molecule has 6 heteroatoms. The summed E-state index contributed by atoms with van der Waals surface area (Å²) in [5.74, 6) is -0.160. The predicted octanol–water partition coefficient (Wildman–Crippen LogP) is 3.25. The minimum Gasteiger partial charge on any atom is -0.389 e. The quantitative estimate of drug-likeness (QED) is 0.776. The van der Waals surface area contributed by atoms with Crippen molar-refractivity contribution in [3.8, 4) is 0 Å². The molecule has 1 saturated heterocycles. The molecule has 0 bridgehead atoms. The van der Waals surface area contributed by atoms with Gasteiger partial charge in [-0.3, -0.25) is 4.79 Å². The highest BCUT2D eigenvalue weighted by Gasteiger charge is 2.34. The maximum atomic E-state index is 12.5. The number of likely N-dealkylation sites (tertiary alicyclic amines) is 1. The molecule has 0 aliphatic carbocycles. The number of carbonyl (C=O) groups excluding carboxylic acids is 2. The third kappa shape index (κ3) is 5.31. The highest BCUT2D eigenvalue weighted by atomic mass is 16.3. The molecular formula is C21H25N3O3. The first-order valence-corrected chi connectivity index (χ1v) is 9.13. The fraction of sp³-hybridized carbons (Fsp3) is 0.333. The Kier molecular flexibility index (Phi) is 5.76. The van der Waals surface area contributed by atoms with Gasteiger partial charge in [0.15, 0.2) is 0 Å². The molecule has 1 aliphatic rings. The van der Waals surface area contributed by atoms with Crippen LogP contribution in [0.4, 0.5) is 16.2 Å². The number of nitrogens with zero attached hydrogens (tertiary/aromatic N) is 1. The smallest absolute Gasteiger partial charge is 0.321 e. The van der Waals surface area contributed by atoms with Crippen molar-refractivity contribution in [2.75, 3.05) is 23.7 Å². The van der Waals surface area contributed by atoms with Crippen molar-refractivity contribution in [2.45, 2.75) is 31.8 Å². The average Bonchev–Trinajstić information content (AvgIpc) is 2.62. The van der Waals surface area contributed by atoms with Crippen LogP contribution in [-0.2, 0) is 11.2 Å². The molecular weight excluding hydrogens is 342 g/mol. The van der Waals surface area contributed by atoms with Crippen LogP contribution in [0.2, 0.25) is 0 Å². The van der Waals surface area contributed by atoms with E-state index in [1.165, 1.54) is 6.92 Å². The predicted molar refractivity (Wildman–Crippen MR) is 106 cm³/mol. The molecule has 142 valence electrons. The van der Waals surface area contributed by atoms with Crippen LogP contribution >= 0.6 is 0 Å². The molecule has 0 radical (unpaired) electrons. The summed E-state index contributed by atoms with van der Waals surface area (Å²) >= 11 is 0. The van der Waals surface area contributed by atoms with Gasteiger partial charge in [0.05, 0.1) is 5.60 Å². The van der Waals surface area contributed by atoms with Gasteiger partial charge in [0, 0.05) is 37.8 Å². The highest BCUT2D eigenvalue weighted by Crippen LogP contribution is 2.27. The van der Waals surface area contributed by atoms with Crippen LogP contribution in [-0.4, -0.2) is 40.6 Å². The molecule has 2 aromatic carbocycles. The molecule has 27 heavy (non-hydrogen) atoms. The fourth-order valence-electron chi connectivity index (χ4n) is 3.36. The standard InChI is InChI=1S/C21H25N3O3/c1-16(25)22-18-8-5-9-19(14-18)23-20(26)24-12-10-21(27,11-13-24)15-17-6-3-2-4-7-17/h2-9,14,27H,10-13,15H2,1H3,(H,22,25)(H,23,26). The van der Waals surface area contributed by atoms with E-state index in [9.17, 15) is 14.7 Å². The molecule has 0 spiro atoms. The van der Waals surface area contributed by atoms with Gasteiger partial charge >= 0.3 is 6.03 Å². The number of urea groups is 1. The lowest BCUT2D eigenvalue weighted by Gasteiger charge is -2.38. The first-order chi connectivity index (χ1) is 12.9. The number of hydrogen-bond acceptors (Lipinski definition) is 3. The van der Waals surface area contributed by atoms with Crippen molar-refractivity contribution in [2.24, 2.45) is 0 Å².